The molecule has 8 heteroatoms. The van der Waals surface area contributed by atoms with Crippen LogP contribution >= 0.6 is 0 Å². The molecule has 0 spiro atoms. The summed E-state index contributed by atoms with van der Waals surface area (Å²) in [6.07, 6.45) is 2.36. The minimum atomic E-state index is -0.382. The van der Waals surface area contributed by atoms with Crippen LogP contribution in [0.3, 0.4) is 0 Å². The van der Waals surface area contributed by atoms with Crippen LogP contribution in [0.25, 0.3) is 0 Å². The van der Waals surface area contributed by atoms with Crippen molar-refractivity contribution in [1.29, 1.82) is 0 Å². The molecule has 2 atom stereocenters. The minimum absolute atomic E-state index is 0.00977. The number of pyridine rings is 1. The van der Waals surface area contributed by atoms with Gasteiger partial charge in [-0.2, -0.15) is 0 Å². The Hall–Kier alpha value is -2.84. The first-order valence-electron chi connectivity index (χ1n) is 9.79. The number of aryl methyl sites for hydroxylation is 1. The van der Waals surface area contributed by atoms with Gasteiger partial charge in [0.2, 0.25) is 5.91 Å². The lowest BCUT2D eigenvalue weighted by Gasteiger charge is -2.36. The lowest BCUT2D eigenvalue weighted by atomic mass is 10.1. The van der Waals surface area contributed by atoms with Crippen LogP contribution in [-0.2, 0) is 4.79 Å². The Morgan fingerprint density at radius 3 is 2.52 bits per heavy atom. The number of hydrazine groups is 1. The average molecular weight is 397 g/mol. The second-order valence-corrected chi connectivity index (χ2v) is 7.47. The number of hydrogen-bond acceptors (Lipinski definition) is 5. The molecular weight excluding hydrogens is 373 g/mol. The highest BCUT2D eigenvalue weighted by Gasteiger charge is 2.35. The number of carbonyl (C=O) groups is 2. The molecule has 2 aliphatic heterocycles. The number of piperazine rings is 1. The van der Waals surface area contributed by atoms with E-state index in [0.29, 0.717) is 43.7 Å². The second kappa shape index (κ2) is 8.26. The third-order valence-electron chi connectivity index (χ3n) is 5.54. The number of hydrogen-bond donors (Lipinski definition) is 2. The van der Waals surface area contributed by atoms with Gasteiger partial charge >= 0.3 is 0 Å². The van der Waals surface area contributed by atoms with Crippen molar-refractivity contribution in [3.8, 4) is 0 Å². The Kier molecular flexibility index (Phi) is 5.55. The van der Waals surface area contributed by atoms with Crippen LogP contribution in [0.1, 0.15) is 34.1 Å². The lowest BCUT2D eigenvalue weighted by Crippen LogP contribution is -2.54. The van der Waals surface area contributed by atoms with Gasteiger partial charge in [-0.05, 0) is 43.2 Å². The number of rotatable bonds is 3. The number of nitrogens with one attached hydrogen (secondary N) is 2. The molecule has 0 radical (unpaired) electrons. The van der Waals surface area contributed by atoms with Gasteiger partial charge in [-0.15, -0.1) is 0 Å². The Labute approximate surface area is 168 Å². The van der Waals surface area contributed by atoms with E-state index in [1.54, 1.807) is 35.1 Å². The molecule has 29 heavy (non-hydrogen) atoms. The highest BCUT2D eigenvalue weighted by molar-refractivity contribution is 5.94. The summed E-state index contributed by atoms with van der Waals surface area (Å²) < 4.78 is 13.8. The zero-order valence-electron chi connectivity index (χ0n) is 16.3. The summed E-state index contributed by atoms with van der Waals surface area (Å²) in [5, 5.41) is 0. The molecule has 2 saturated heterocycles. The largest absolute Gasteiger partial charge is 0.338 e. The van der Waals surface area contributed by atoms with Crippen molar-refractivity contribution >= 4 is 11.8 Å². The summed E-state index contributed by atoms with van der Waals surface area (Å²) in [5.74, 6) is -0.566. The molecule has 4 rings (SSSR count). The molecule has 0 saturated carbocycles. The van der Waals surface area contributed by atoms with E-state index in [9.17, 15) is 14.0 Å². The molecular formula is C21H24FN5O2. The van der Waals surface area contributed by atoms with E-state index < -0.39 is 0 Å². The van der Waals surface area contributed by atoms with Gasteiger partial charge in [0.15, 0.2) is 0 Å². The van der Waals surface area contributed by atoms with Crippen LogP contribution in [0, 0.1) is 12.7 Å². The summed E-state index contributed by atoms with van der Waals surface area (Å²) in [7, 11) is 0. The highest BCUT2D eigenvalue weighted by atomic mass is 19.1. The zero-order chi connectivity index (χ0) is 20.4. The molecule has 2 aromatic rings. The first kappa shape index (κ1) is 19.5. The Bertz CT molecular complexity index is 899. The number of aromatic nitrogens is 1. The van der Waals surface area contributed by atoms with Gasteiger partial charge < -0.3 is 9.80 Å². The standard InChI is InChI=1S/C21H24FN5O2/c1-14-5-6-15(12-16(14)22)20(28)26-8-10-27(11-9-26)21(29)19-13-18(24-25-19)17-4-2-3-7-23-17/h2-7,12,18-19,24-25H,8-11,13H2,1H3. The van der Waals surface area contributed by atoms with E-state index in [1.165, 1.54) is 6.07 Å². The topological polar surface area (TPSA) is 77.6 Å². The van der Waals surface area contributed by atoms with E-state index >= 15 is 0 Å². The van der Waals surface area contributed by atoms with Crippen molar-refractivity contribution < 1.29 is 14.0 Å². The van der Waals surface area contributed by atoms with Crippen molar-refractivity contribution in [2.24, 2.45) is 0 Å². The van der Waals surface area contributed by atoms with Crippen LogP contribution in [-0.4, -0.2) is 58.8 Å². The van der Waals surface area contributed by atoms with Crippen LogP contribution in [0.4, 0.5) is 4.39 Å². The van der Waals surface area contributed by atoms with E-state index in [-0.39, 0.29) is 29.7 Å². The number of carbonyl (C=O) groups excluding carboxylic acids is 2. The highest BCUT2D eigenvalue weighted by Crippen LogP contribution is 2.22. The normalized spacial score (nSPS) is 22.0. The second-order valence-electron chi connectivity index (χ2n) is 7.47. The Balaban J connectivity index is 1.32. The third kappa shape index (κ3) is 4.13. The fourth-order valence-corrected chi connectivity index (χ4v) is 3.75. The number of amides is 2. The van der Waals surface area contributed by atoms with E-state index in [0.717, 1.165) is 5.69 Å². The van der Waals surface area contributed by atoms with Crippen molar-refractivity contribution in [1.82, 2.24) is 25.6 Å². The zero-order valence-corrected chi connectivity index (χ0v) is 16.3. The maximum absolute atomic E-state index is 13.8. The Morgan fingerprint density at radius 1 is 1.07 bits per heavy atom. The predicted molar refractivity (Wildman–Crippen MR) is 105 cm³/mol. The van der Waals surface area contributed by atoms with Gasteiger partial charge in [0.1, 0.15) is 11.9 Å². The number of nitrogens with zero attached hydrogens (tertiary/aromatic N) is 3. The molecule has 0 bridgehead atoms. The van der Waals surface area contributed by atoms with E-state index in [4.69, 9.17) is 0 Å². The molecule has 2 amide bonds. The molecule has 2 fully saturated rings. The molecule has 2 N–H and O–H groups in total. The van der Waals surface area contributed by atoms with Crippen LogP contribution in [0.2, 0.25) is 0 Å². The monoisotopic (exact) mass is 397 g/mol. The maximum atomic E-state index is 13.8. The molecule has 152 valence electrons. The fraction of sp³-hybridized carbons (Fsp3) is 0.381. The quantitative estimate of drug-likeness (QED) is 0.819. The number of halogens is 1. The molecule has 1 aromatic heterocycles. The van der Waals surface area contributed by atoms with E-state index in [1.807, 2.05) is 18.2 Å². The average Bonchev–Trinajstić information content (AvgIpc) is 3.26. The summed E-state index contributed by atoms with van der Waals surface area (Å²) in [5.41, 5.74) is 7.96. The van der Waals surface area contributed by atoms with Crippen molar-refractivity contribution in [2.45, 2.75) is 25.4 Å². The molecule has 7 nitrogen and oxygen atoms in total. The minimum Gasteiger partial charge on any atom is -0.338 e. The summed E-state index contributed by atoms with van der Waals surface area (Å²) in [6.45, 7) is 3.46. The van der Waals surface area contributed by atoms with Crippen molar-refractivity contribution in [3.05, 3.63) is 65.2 Å². The number of benzene rings is 1. The smallest absolute Gasteiger partial charge is 0.254 e. The Morgan fingerprint density at radius 2 is 1.83 bits per heavy atom. The van der Waals surface area contributed by atoms with Gasteiger partial charge in [-0.25, -0.2) is 15.2 Å². The van der Waals surface area contributed by atoms with Gasteiger partial charge in [0.05, 0.1) is 11.7 Å². The predicted octanol–water partition coefficient (Wildman–Crippen LogP) is 1.42. The van der Waals surface area contributed by atoms with Crippen molar-refractivity contribution in [3.63, 3.8) is 0 Å². The molecule has 3 heterocycles. The molecule has 2 unspecified atom stereocenters. The SMILES string of the molecule is Cc1ccc(C(=O)N2CCN(C(=O)C3CC(c4ccccn4)NN3)CC2)cc1F. The molecule has 0 aliphatic carbocycles. The van der Waals surface area contributed by atoms with Crippen LogP contribution in [0.15, 0.2) is 42.6 Å². The van der Waals surface area contributed by atoms with Gasteiger partial charge in [-0.3, -0.25) is 14.6 Å². The first-order valence-corrected chi connectivity index (χ1v) is 9.79. The van der Waals surface area contributed by atoms with Crippen LogP contribution in [0.5, 0.6) is 0 Å². The lowest BCUT2D eigenvalue weighted by molar-refractivity contribution is -0.134. The van der Waals surface area contributed by atoms with E-state index in [2.05, 4.69) is 15.8 Å². The molecule has 1 aromatic carbocycles. The van der Waals surface area contributed by atoms with Gasteiger partial charge in [0, 0.05) is 37.9 Å². The molecule has 2 aliphatic rings. The maximum Gasteiger partial charge on any atom is 0.254 e. The summed E-state index contributed by atoms with van der Waals surface area (Å²) >= 11 is 0. The first-order chi connectivity index (χ1) is 14.0. The fourth-order valence-electron chi connectivity index (χ4n) is 3.75. The van der Waals surface area contributed by atoms with Gasteiger partial charge in [0.25, 0.3) is 5.91 Å². The summed E-state index contributed by atoms with van der Waals surface area (Å²) in [6, 6.07) is 9.92. The van der Waals surface area contributed by atoms with Gasteiger partial charge in [-0.1, -0.05) is 12.1 Å². The van der Waals surface area contributed by atoms with Crippen molar-refractivity contribution in [2.75, 3.05) is 26.2 Å². The third-order valence-corrected chi connectivity index (χ3v) is 5.54. The summed E-state index contributed by atoms with van der Waals surface area (Å²) in [4.78, 5) is 33.3. The van der Waals surface area contributed by atoms with Crippen LogP contribution < -0.4 is 10.9 Å².